The maximum atomic E-state index is 13.2. The predicted molar refractivity (Wildman–Crippen MR) is 251 cm³/mol. The first-order valence-electron chi connectivity index (χ1n) is 25.5. The molecule has 2 aromatic rings. The van der Waals surface area contributed by atoms with E-state index in [1.807, 2.05) is 24.3 Å². The van der Waals surface area contributed by atoms with Crippen molar-refractivity contribution in [3.8, 4) is 0 Å². The van der Waals surface area contributed by atoms with Crippen molar-refractivity contribution >= 4 is 22.7 Å². The molecule has 0 amide bonds. The average Bonchev–Trinajstić information content (AvgIpc) is 3.24. The smallest absolute Gasteiger partial charge is 0.338 e. The topological polar surface area (TPSA) is 52.6 Å². The molecular weight excluding hydrogens is 713 g/mol. The molecule has 0 atom stereocenters. The molecule has 0 heterocycles. The molecule has 2 rings (SSSR count). The van der Waals surface area contributed by atoms with E-state index in [0.29, 0.717) is 29.7 Å². The Bertz CT molecular complexity index is 1230. The van der Waals surface area contributed by atoms with Gasteiger partial charge in [-0.2, -0.15) is 0 Å². The van der Waals surface area contributed by atoms with Crippen LogP contribution in [0.1, 0.15) is 279 Å². The summed E-state index contributed by atoms with van der Waals surface area (Å²) in [6.45, 7) is 5.41. The normalized spacial score (nSPS) is 11.4. The molecule has 0 N–H and O–H groups in total. The van der Waals surface area contributed by atoms with Crippen molar-refractivity contribution in [3.05, 3.63) is 47.5 Å². The van der Waals surface area contributed by atoms with Crippen molar-refractivity contribution in [2.45, 2.75) is 258 Å². The Hall–Kier alpha value is -2.36. The Morgan fingerprint density at radius 2 is 0.552 bits per heavy atom. The van der Waals surface area contributed by atoms with E-state index >= 15 is 0 Å². The van der Waals surface area contributed by atoms with E-state index in [-0.39, 0.29) is 11.9 Å². The number of hydrogen-bond donors (Lipinski definition) is 0. The highest BCUT2D eigenvalue weighted by molar-refractivity contribution is 6.13. The van der Waals surface area contributed by atoms with Gasteiger partial charge in [-0.15, -0.1) is 0 Å². The molecule has 0 saturated heterocycles. The van der Waals surface area contributed by atoms with Crippen LogP contribution in [-0.4, -0.2) is 25.2 Å². The number of ether oxygens (including phenoxy) is 2. The van der Waals surface area contributed by atoms with Crippen LogP contribution < -0.4 is 0 Å². The third-order valence-electron chi connectivity index (χ3n) is 12.3. The standard InChI is InChI=1S/C54H92O4/c1-3-5-7-9-11-13-15-17-19-21-22-23-24-25-26-28-30-32-34-36-38-40-48-58-54(56)51-46-42-44-49-43-41-45-50(52(49)51)53(55)57-47-39-37-35-33-31-29-27-20-18-16-14-12-10-8-6-4-2/h41-46H,3-40,47-48H2,1-2H3. The van der Waals surface area contributed by atoms with Crippen LogP contribution in [0.5, 0.6) is 0 Å². The molecule has 0 radical (unpaired) electrons. The minimum absolute atomic E-state index is 0.354. The Kier molecular flexibility index (Phi) is 34.7. The van der Waals surface area contributed by atoms with Crippen molar-refractivity contribution < 1.29 is 19.1 Å². The molecule has 0 aliphatic heterocycles. The summed E-state index contributed by atoms with van der Waals surface area (Å²) in [7, 11) is 0. The molecule has 4 nitrogen and oxygen atoms in total. The lowest BCUT2D eigenvalue weighted by Crippen LogP contribution is -2.11. The number of hydrogen-bond acceptors (Lipinski definition) is 4. The number of esters is 2. The zero-order chi connectivity index (χ0) is 41.4. The lowest BCUT2D eigenvalue weighted by atomic mass is 9.99. The third kappa shape index (κ3) is 27.4. The van der Waals surface area contributed by atoms with Gasteiger partial charge in [0.05, 0.1) is 24.3 Å². The Morgan fingerprint density at radius 3 is 0.793 bits per heavy atom. The molecule has 0 spiro atoms. The zero-order valence-corrected chi connectivity index (χ0v) is 38.4. The third-order valence-corrected chi connectivity index (χ3v) is 12.3. The summed E-state index contributed by atoms with van der Waals surface area (Å²) >= 11 is 0. The molecule has 0 unspecified atom stereocenters. The summed E-state index contributed by atoms with van der Waals surface area (Å²) in [5.41, 5.74) is 0.900. The molecule has 0 saturated carbocycles. The number of carbonyl (C=O) groups excluding carboxylic acids is 2. The summed E-state index contributed by atoms with van der Waals surface area (Å²) in [6.07, 6.45) is 50.9. The summed E-state index contributed by atoms with van der Waals surface area (Å²) in [4.78, 5) is 26.4. The van der Waals surface area contributed by atoms with Gasteiger partial charge in [-0.1, -0.05) is 269 Å². The van der Waals surface area contributed by atoms with Gasteiger partial charge in [-0.25, -0.2) is 9.59 Å². The molecule has 0 aliphatic carbocycles. The van der Waals surface area contributed by atoms with Crippen molar-refractivity contribution in [2.75, 3.05) is 13.2 Å². The molecule has 4 heteroatoms. The minimum atomic E-state index is -0.355. The SMILES string of the molecule is CCCCCCCCCCCCCCCCCCCCCCCCOC(=O)c1cccc2cccc(C(=O)OCCCCCCCCCCCCCCCCCC)c12. The first-order valence-corrected chi connectivity index (χ1v) is 25.5. The molecule has 0 aliphatic rings. The minimum Gasteiger partial charge on any atom is -0.462 e. The average molecular weight is 805 g/mol. The summed E-state index contributed by atoms with van der Waals surface area (Å²) in [5.74, 6) is -0.710. The van der Waals surface area contributed by atoms with Crippen molar-refractivity contribution in [1.82, 2.24) is 0 Å². The number of benzene rings is 2. The maximum Gasteiger partial charge on any atom is 0.338 e. The molecule has 0 fully saturated rings. The van der Waals surface area contributed by atoms with Gasteiger partial charge in [0.1, 0.15) is 0 Å². The van der Waals surface area contributed by atoms with Crippen LogP contribution in [0.15, 0.2) is 36.4 Å². The van der Waals surface area contributed by atoms with Gasteiger partial charge >= 0.3 is 11.9 Å². The van der Waals surface area contributed by atoms with E-state index in [4.69, 9.17) is 9.47 Å². The number of fused-ring (bicyclic) bond motifs is 1. The summed E-state index contributed by atoms with van der Waals surface area (Å²) in [6, 6.07) is 11.2. The number of carbonyl (C=O) groups is 2. The summed E-state index contributed by atoms with van der Waals surface area (Å²) < 4.78 is 11.4. The van der Waals surface area contributed by atoms with Gasteiger partial charge < -0.3 is 9.47 Å². The van der Waals surface area contributed by atoms with E-state index in [0.717, 1.165) is 31.1 Å². The quantitative estimate of drug-likeness (QED) is 0.0495. The predicted octanol–water partition coefficient (Wildman–Crippen LogP) is 18.0. The number of unbranched alkanes of at least 4 members (excludes halogenated alkanes) is 36. The highest BCUT2D eigenvalue weighted by atomic mass is 16.5. The Labute approximate surface area is 359 Å². The van der Waals surface area contributed by atoms with E-state index in [1.54, 1.807) is 12.1 Å². The number of rotatable bonds is 42. The van der Waals surface area contributed by atoms with Crippen molar-refractivity contribution in [2.24, 2.45) is 0 Å². The Balaban J connectivity index is 1.46. The van der Waals surface area contributed by atoms with Crippen LogP contribution in [-0.2, 0) is 9.47 Å². The van der Waals surface area contributed by atoms with E-state index in [9.17, 15) is 9.59 Å². The van der Waals surface area contributed by atoms with Gasteiger partial charge in [0.2, 0.25) is 0 Å². The first-order chi connectivity index (χ1) is 28.7. The fourth-order valence-corrected chi connectivity index (χ4v) is 8.53. The molecule has 0 bridgehead atoms. The van der Waals surface area contributed by atoms with E-state index in [2.05, 4.69) is 13.8 Å². The second-order valence-electron chi connectivity index (χ2n) is 17.7. The lowest BCUT2D eigenvalue weighted by Gasteiger charge is -2.12. The van der Waals surface area contributed by atoms with E-state index in [1.165, 1.54) is 218 Å². The zero-order valence-electron chi connectivity index (χ0n) is 38.4. The molecule has 0 aromatic heterocycles. The second-order valence-corrected chi connectivity index (χ2v) is 17.7. The van der Waals surface area contributed by atoms with Gasteiger partial charge in [-0.3, -0.25) is 0 Å². The van der Waals surface area contributed by atoms with Gasteiger partial charge in [0, 0.05) is 5.39 Å². The van der Waals surface area contributed by atoms with Gasteiger partial charge in [-0.05, 0) is 30.4 Å². The van der Waals surface area contributed by atoms with Crippen molar-refractivity contribution in [3.63, 3.8) is 0 Å². The maximum absolute atomic E-state index is 13.2. The second kappa shape index (κ2) is 38.8. The van der Waals surface area contributed by atoms with Crippen LogP contribution in [0.2, 0.25) is 0 Å². The lowest BCUT2D eigenvalue weighted by molar-refractivity contribution is 0.0498. The van der Waals surface area contributed by atoms with Crippen LogP contribution in [0.25, 0.3) is 10.8 Å². The molecular formula is C54H92O4. The van der Waals surface area contributed by atoms with Crippen LogP contribution in [0.3, 0.4) is 0 Å². The van der Waals surface area contributed by atoms with Crippen LogP contribution in [0, 0.1) is 0 Å². The van der Waals surface area contributed by atoms with Gasteiger partial charge in [0.25, 0.3) is 0 Å². The summed E-state index contributed by atoms with van der Waals surface area (Å²) in [5, 5.41) is 1.50. The fraction of sp³-hybridized carbons (Fsp3) is 0.778. The first kappa shape index (κ1) is 51.8. The molecule has 2 aromatic carbocycles. The van der Waals surface area contributed by atoms with E-state index < -0.39 is 0 Å². The largest absolute Gasteiger partial charge is 0.462 e. The molecule has 332 valence electrons. The highest BCUT2D eigenvalue weighted by Gasteiger charge is 2.19. The molecule has 58 heavy (non-hydrogen) atoms. The van der Waals surface area contributed by atoms with Crippen LogP contribution >= 0.6 is 0 Å². The van der Waals surface area contributed by atoms with Crippen LogP contribution in [0.4, 0.5) is 0 Å². The Morgan fingerprint density at radius 1 is 0.328 bits per heavy atom. The fourth-order valence-electron chi connectivity index (χ4n) is 8.53. The van der Waals surface area contributed by atoms with Crippen molar-refractivity contribution in [1.29, 1.82) is 0 Å². The highest BCUT2D eigenvalue weighted by Crippen LogP contribution is 2.25. The monoisotopic (exact) mass is 805 g/mol. The van der Waals surface area contributed by atoms with Gasteiger partial charge in [0.15, 0.2) is 0 Å².